The molecule has 0 saturated heterocycles. The molecule has 1 aliphatic carbocycles. The van der Waals surface area contributed by atoms with E-state index in [2.05, 4.69) is 11.1 Å². The molecule has 1 saturated carbocycles. The lowest BCUT2D eigenvalue weighted by atomic mass is 9.95. The zero-order chi connectivity index (χ0) is 12.8. The van der Waals surface area contributed by atoms with Gasteiger partial charge in [0.25, 0.3) is 0 Å². The zero-order valence-corrected chi connectivity index (χ0v) is 10.3. The van der Waals surface area contributed by atoms with Crippen LogP contribution in [0.15, 0.2) is 23.2 Å². The Labute approximate surface area is 105 Å². The molecule has 18 heavy (non-hydrogen) atoms. The monoisotopic (exact) mass is 242 g/mol. The molecule has 0 unspecified atom stereocenters. The molecule has 0 aromatic heterocycles. The van der Waals surface area contributed by atoms with E-state index in [0.29, 0.717) is 6.42 Å². The van der Waals surface area contributed by atoms with Crippen LogP contribution in [0, 0.1) is 0 Å². The van der Waals surface area contributed by atoms with E-state index in [0.717, 1.165) is 30.5 Å². The van der Waals surface area contributed by atoms with Gasteiger partial charge in [-0.1, -0.05) is 12.1 Å². The van der Waals surface area contributed by atoms with Crippen LogP contribution in [0.2, 0.25) is 0 Å². The molecule has 1 aromatic rings. The van der Waals surface area contributed by atoms with Crippen LogP contribution in [0.4, 0.5) is 5.69 Å². The summed E-state index contributed by atoms with van der Waals surface area (Å²) in [5.41, 5.74) is 2.90. The number of rotatable bonds is 2. The van der Waals surface area contributed by atoms with Gasteiger partial charge in [0.05, 0.1) is 5.54 Å². The van der Waals surface area contributed by atoms with Crippen molar-refractivity contribution < 1.29 is 9.59 Å². The lowest BCUT2D eigenvalue weighted by Gasteiger charge is -2.26. The quantitative estimate of drug-likeness (QED) is 0.587. The van der Waals surface area contributed by atoms with Crippen molar-refractivity contribution in [2.45, 2.75) is 31.2 Å². The topological polar surface area (TPSA) is 49.7 Å². The third-order valence-corrected chi connectivity index (χ3v) is 3.94. The van der Waals surface area contributed by atoms with E-state index < -0.39 is 0 Å². The summed E-state index contributed by atoms with van der Waals surface area (Å²) in [6, 6.07) is 6.02. The van der Waals surface area contributed by atoms with Crippen molar-refractivity contribution in [2.75, 3.05) is 11.9 Å². The minimum Gasteiger partial charge on any atom is -0.315 e. The number of isocyanates is 1. The normalized spacial score (nSPS) is 20.1. The van der Waals surface area contributed by atoms with Crippen molar-refractivity contribution in [3.63, 3.8) is 0 Å². The van der Waals surface area contributed by atoms with E-state index in [1.54, 1.807) is 18.0 Å². The number of aryl methyl sites for hydroxylation is 1. The fourth-order valence-corrected chi connectivity index (χ4v) is 2.62. The Hall–Kier alpha value is -1.93. The Morgan fingerprint density at radius 2 is 2.11 bits per heavy atom. The van der Waals surface area contributed by atoms with Gasteiger partial charge in [0, 0.05) is 19.2 Å². The second kappa shape index (κ2) is 3.79. The number of amides is 1. The summed E-state index contributed by atoms with van der Waals surface area (Å²) < 4.78 is 0. The Kier molecular flexibility index (Phi) is 2.35. The summed E-state index contributed by atoms with van der Waals surface area (Å²) in [7, 11) is 1.80. The molecule has 0 bridgehead atoms. The van der Waals surface area contributed by atoms with Crippen molar-refractivity contribution in [1.29, 1.82) is 0 Å². The first-order chi connectivity index (χ1) is 8.66. The maximum Gasteiger partial charge on any atom is 0.235 e. The molecular weight excluding hydrogens is 228 g/mol. The average Bonchev–Trinajstić information content (AvgIpc) is 3.15. The molecule has 1 amide bonds. The molecule has 92 valence electrons. The van der Waals surface area contributed by atoms with Gasteiger partial charge in [-0.15, -0.1) is 0 Å². The van der Waals surface area contributed by atoms with Crippen molar-refractivity contribution in [1.82, 2.24) is 0 Å². The molecule has 1 fully saturated rings. The number of aliphatic imine (C=N–C) groups is 1. The second-order valence-electron chi connectivity index (χ2n) is 5.03. The van der Waals surface area contributed by atoms with Crippen LogP contribution in [0.1, 0.15) is 30.4 Å². The predicted octanol–water partition coefficient (Wildman–Crippen LogP) is 1.92. The van der Waals surface area contributed by atoms with Gasteiger partial charge in [-0.25, -0.2) is 4.79 Å². The first-order valence-corrected chi connectivity index (χ1v) is 6.15. The number of nitrogens with zero attached hydrogens (tertiary/aromatic N) is 2. The summed E-state index contributed by atoms with van der Waals surface area (Å²) in [6.07, 6.45) is 4.82. The molecule has 1 heterocycles. The fraction of sp³-hybridized carbons (Fsp3) is 0.429. The van der Waals surface area contributed by atoms with Gasteiger partial charge >= 0.3 is 0 Å². The molecule has 0 N–H and O–H groups in total. The number of carbonyl (C=O) groups is 1. The van der Waals surface area contributed by atoms with E-state index >= 15 is 0 Å². The maximum absolute atomic E-state index is 11.6. The summed E-state index contributed by atoms with van der Waals surface area (Å²) in [5.74, 6) is 0.155. The summed E-state index contributed by atoms with van der Waals surface area (Å²) in [4.78, 5) is 27.7. The number of fused-ring (bicyclic) bond motifs is 1. The van der Waals surface area contributed by atoms with Crippen LogP contribution in [-0.2, 0) is 21.5 Å². The van der Waals surface area contributed by atoms with Crippen LogP contribution in [0.25, 0.3) is 0 Å². The number of anilines is 1. The minimum absolute atomic E-state index is 0.155. The van der Waals surface area contributed by atoms with E-state index in [1.807, 2.05) is 12.1 Å². The SMILES string of the molecule is CN1C(=O)CCc2cc(C3(N=C=O)CC3)ccc21. The third-order valence-electron chi connectivity index (χ3n) is 3.94. The van der Waals surface area contributed by atoms with Crippen molar-refractivity contribution in [2.24, 2.45) is 4.99 Å². The highest BCUT2D eigenvalue weighted by Crippen LogP contribution is 2.50. The van der Waals surface area contributed by atoms with Crippen molar-refractivity contribution in [3.8, 4) is 0 Å². The Morgan fingerprint density at radius 3 is 2.78 bits per heavy atom. The van der Waals surface area contributed by atoms with Crippen LogP contribution in [0.5, 0.6) is 0 Å². The van der Waals surface area contributed by atoms with Gasteiger partial charge in [-0.05, 0) is 36.5 Å². The lowest BCUT2D eigenvalue weighted by Crippen LogP contribution is -2.31. The Bertz CT molecular complexity index is 569. The van der Waals surface area contributed by atoms with Crippen LogP contribution in [0.3, 0.4) is 0 Å². The van der Waals surface area contributed by atoms with Gasteiger partial charge in [0.15, 0.2) is 0 Å². The predicted molar refractivity (Wildman–Crippen MR) is 67.2 cm³/mol. The highest BCUT2D eigenvalue weighted by atomic mass is 16.2. The van der Waals surface area contributed by atoms with Gasteiger partial charge in [-0.2, -0.15) is 4.99 Å². The molecule has 0 radical (unpaired) electrons. The highest BCUT2D eigenvalue weighted by molar-refractivity contribution is 5.95. The highest BCUT2D eigenvalue weighted by Gasteiger charge is 2.45. The maximum atomic E-state index is 11.6. The number of hydrogen-bond acceptors (Lipinski definition) is 3. The number of hydrogen-bond donors (Lipinski definition) is 0. The summed E-state index contributed by atoms with van der Waals surface area (Å²) in [5, 5.41) is 0. The van der Waals surface area contributed by atoms with Crippen molar-refractivity contribution >= 4 is 17.7 Å². The first-order valence-electron chi connectivity index (χ1n) is 6.15. The standard InChI is InChI=1S/C14H14N2O2/c1-16-12-4-3-11(14(6-7-14)15-9-17)8-10(12)2-5-13(16)18/h3-4,8H,2,5-7H2,1H3. The molecule has 4 nitrogen and oxygen atoms in total. The Balaban J connectivity index is 2.02. The van der Waals surface area contributed by atoms with Gasteiger partial charge in [-0.3, -0.25) is 4.79 Å². The molecule has 3 rings (SSSR count). The molecule has 2 aliphatic rings. The molecule has 0 spiro atoms. The molecule has 0 atom stereocenters. The zero-order valence-electron chi connectivity index (χ0n) is 10.3. The summed E-state index contributed by atoms with van der Waals surface area (Å²) in [6.45, 7) is 0. The first kappa shape index (κ1) is 11.2. The molecular formula is C14H14N2O2. The van der Waals surface area contributed by atoms with E-state index in [1.165, 1.54) is 5.56 Å². The van der Waals surface area contributed by atoms with Gasteiger partial charge in [0.2, 0.25) is 12.0 Å². The number of benzene rings is 1. The largest absolute Gasteiger partial charge is 0.315 e. The van der Waals surface area contributed by atoms with Crippen molar-refractivity contribution in [3.05, 3.63) is 29.3 Å². The van der Waals surface area contributed by atoms with Gasteiger partial charge < -0.3 is 4.90 Å². The number of carbonyl (C=O) groups excluding carboxylic acids is 2. The van der Waals surface area contributed by atoms with E-state index in [-0.39, 0.29) is 11.4 Å². The van der Waals surface area contributed by atoms with E-state index in [4.69, 9.17) is 0 Å². The van der Waals surface area contributed by atoms with Crippen LogP contribution in [-0.4, -0.2) is 19.0 Å². The third kappa shape index (κ3) is 1.57. The van der Waals surface area contributed by atoms with Crippen LogP contribution >= 0.6 is 0 Å². The van der Waals surface area contributed by atoms with Crippen LogP contribution < -0.4 is 4.90 Å². The molecule has 4 heteroatoms. The summed E-state index contributed by atoms with van der Waals surface area (Å²) >= 11 is 0. The van der Waals surface area contributed by atoms with E-state index in [9.17, 15) is 9.59 Å². The second-order valence-corrected chi connectivity index (χ2v) is 5.03. The minimum atomic E-state index is -0.323. The van der Waals surface area contributed by atoms with Gasteiger partial charge in [0.1, 0.15) is 0 Å². The molecule has 1 aliphatic heterocycles. The Morgan fingerprint density at radius 1 is 1.33 bits per heavy atom. The molecule has 1 aromatic carbocycles. The smallest absolute Gasteiger partial charge is 0.235 e. The average molecular weight is 242 g/mol. The lowest BCUT2D eigenvalue weighted by molar-refractivity contribution is -0.118. The fourth-order valence-electron chi connectivity index (χ4n) is 2.62.